The van der Waals surface area contributed by atoms with Crippen LogP contribution in [0.4, 0.5) is 0 Å². The van der Waals surface area contributed by atoms with E-state index in [4.69, 9.17) is 16.3 Å². The average Bonchev–Trinajstić information content (AvgIpc) is 2.37. The first-order valence-corrected chi connectivity index (χ1v) is 5.75. The van der Waals surface area contributed by atoms with Crippen molar-refractivity contribution >= 4 is 17.6 Å². The molecule has 100 valence electrons. The summed E-state index contributed by atoms with van der Waals surface area (Å²) < 4.78 is 9.57. The van der Waals surface area contributed by atoms with Gasteiger partial charge < -0.3 is 19.7 Å². The quantitative estimate of drug-likeness (QED) is 0.792. The third-order valence-electron chi connectivity index (χ3n) is 2.35. The molecule has 2 unspecified atom stereocenters. The zero-order chi connectivity index (χ0) is 13.7. The fourth-order valence-corrected chi connectivity index (χ4v) is 1.68. The molecule has 5 nitrogen and oxygen atoms in total. The van der Waals surface area contributed by atoms with Gasteiger partial charge in [0.05, 0.1) is 18.7 Å². The number of methoxy groups -OCH3 is 1. The molecule has 0 heterocycles. The Morgan fingerprint density at radius 2 is 2.11 bits per heavy atom. The summed E-state index contributed by atoms with van der Waals surface area (Å²) in [7, 11) is 1.48. The molecule has 0 radical (unpaired) electrons. The fraction of sp³-hybridized carbons (Fsp3) is 0.417. The summed E-state index contributed by atoms with van der Waals surface area (Å²) in [5.74, 6) is -0.376. The van der Waals surface area contributed by atoms with Gasteiger partial charge in [-0.25, -0.2) is 4.79 Å². The van der Waals surface area contributed by atoms with Crippen molar-refractivity contribution in [2.75, 3.05) is 13.7 Å². The molecule has 0 amide bonds. The van der Waals surface area contributed by atoms with Crippen molar-refractivity contribution in [1.82, 2.24) is 0 Å². The van der Waals surface area contributed by atoms with Crippen molar-refractivity contribution in [2.24, 2.45) is 0 Å². The first kappa shape index (κ1) is 14.8. The number of carbonyl (C=O) groups is 1. The van der Waals surface area contributed by atoms with Gasteiger partial charge in [0, 0.05) is 5.56 Å². The maximum absolute atomic E-state index is 11.3. The minimum Gasteiger partial charge on any atom is -0.497 e. The highest BCUT2D eigenvalue weighted by atomic mass is 35.5. The van der Waals surface area contributed by atoms with Gasteiger partial charge in [-0.3, -0.25) is 0 Å². The molecule has 0 fully saturated rings. The smallest absolute Gasteiger partial charge is 0.338 e. The summed E-state index contributed by atoms with van der Waals surface area (Å²) in [4.78, 5) is 11.3. The molecule has 0 spiro atoms. The Morgan fingerprint density at radius 1 is 1.44 bits per heavy atom. The normalized spacial score (nSPS) is 13.8. The van der Waals surface area contributed by atoms with Gasteiger partial charge in [-0.1, -0.05) is 17.7 Å². The zero-order valence-corrected chi connectivity index (χ0v) is 10.8. The van der Waals surface area contributed by atoms with Gasteiger partial charge in [-0.2, -0.15) is 0 Å². The minimum absolute atomic E-state index is 0.124. The molecule has 2 atom stereocenters. The predicted octanol–water partition coefficient (Wildman–Crippen LogP) is 1.31. The van der Waals surface area contributed by atoms with E-state index in [1.807, 2.05) is 0 Å². The van der Waals surface area contributed by atoms with Crippen molar-refractivity contribution in [3.05, 3.63) is 28.8 Å². The van der Waals surface area contributed by atoms with Crippen molar-refractivity contribution in [3.8, 4) is 5.75 Å². The van der Waals surface area contributed by atoms with Gasteiger partial charge in [-0.05, 0) is 19.1 Å². The van der Waals surface area contributed by atoms with Crippen LogP contribution in [0, 0.1) is 0 Å². The molecule has 0 aliphatic rings. The predicted molar refractivity (Wildman–Crippen MR) is 65.6 cm³/mol. The Balaban J connectivity index is 2.89. The standard InChI is InChI=1S/C12H15ClO5/c1-3-18-12(16)11(15)10(14)8-5-4-7(17-2)6-9(8)13/h4-6,10-11,14-15H,3H2,1-2H3. The average molecular weight is 275 g/mol. The van der Waals surface area contributed by atoms with Gasteiger partial charge in [-0.15, -0.1) is 0 Å². The number of hydrogen-bond acceptors (Lipinski definition) is 5. The number of carbonyl (C=O) groups excluding carboxylic acids is 1. The van der Waals surface area contributed by atoms with E-state index in [0.717, 1.165) is 0 Å². The van der Waals surface area contributed by atoms with E-state index >= 15 is 0 Å². The SMILES string of the molecule is CCOC(=O)C(O)C(O)c1ccc(OC)cc1Cl. The van der Waals surface area contributed by atoms with E-state index in [9.17, 15) is 15.0 Å². The second-order valence-corrected chi connectivity index (χ2v) is 3.94. The lowest BCUT2D eigenvalue weighted by molar-refractivity contribution is -0.159. The molecule has 0 bridgehead atoms. The number of halogens is 1. The molecule has 0 aromatic heterocycles. The number of hydrogen-bond donors (Lipinski definition) is 2. The van der Waals surface area contributed by atoms with E-state index in [0.29, 0.717) is 5.75 Å². The van der Waals surface area contributed by atoms with E-state index in [-0.39, 0.29) is 17.2 Å². The third kappa shape index (κ3) is 3.35. The second kappa shape index (κ2) is 6.58. The molecule has 18 heavy (non-hydrogen) atoms. The summed E-state index contributed by atoms with van der Waals surface area (Å²) in [5.41, 5.74) is 0.234. The lowest BCUT2D eigenvalue weighted by Crippen LogP contribution is -2.30. The molecular weight excluding hydrogens is 260 g/mol. The number of esters is 1. The van der Waals surface area contributed by atoms with Crippen LogP contribution in [0.2, 0.25) is 5.02 Å². The van der Waals surface area contributed by atoms with Gasteiger partial charge in [0.2, 0.25) is 0 Å². The Morgan fingerprint density at radius 3 is 2.61 bits per heavy atom. The van der Waals surface area contributed by atoms with Crippen LogP contribution in [-0.4, -0.2) is 36.0 Å². The number of benzene rings is 1. The molecule has 0 aliphatic carbocycles. The largest absolute Gasteiger partial charge is 0.497 e. The highest BCUT2D eigenvalue weighted by Crippen LogP contribution is 2.29. The van der Waals surface area contributed by atoms with E-state index in [2.05, 4.69) is 4.74 Å². The molecule has 2 N–H and O–H groups in total. The van der Waals surface area contributed by atoms with Crippen LogP contribution in [0.5, 0.6) is 5.75 Å². The molecular formula is C12H15ClO5. The van der Waals surface area contributed by atoms with Crippen LogP contribution < -0.4 is 4.74 Å². The Labute approximate surface area is 110 Å². The van der Waals surface area contributed by atoms with Crippen molar-refractivity contribution in [1.29, 1.82) is 0 Å². The number of ether oxygens (including phenoxy) is 2. The highest BCUT2D eigenvalue weighted by Gasteiger charge is 2.28. The maximum Gasteiger partial charge on any atom is 0.338 e. The van der Waals surface area contributed by atoms with Crippen molar-refractivity contribution in [3.63, 3.8) is 0 Å². The molecule has 0 saturated heterocycles. The van der Waals surface area contributed by atoms with Crippen LogP contribution in [-0.2, 0) is 9.53 Å². The van der Waals surface area contributed by atoms with Crippen LogP contribution in [0.25, 0.3) is 0 Å². The van der Waals surface area contributed by atoms with E-state index in [1.165, 1.54) is 19.2 Å². The first-order chi connectivity index (χ1) is 8.51. The summed E-state index contributed by atoms with van der Waals surface area (Å²) in [6.45, 7) is 1.73. The van der Waals surface area contributed by atoms with Gasteiger partial charge in [0.1, 0.15) is 11.9 Å². The van der Waals surface area contributed by atoms with Crippen LogP contribution in [0.15, 0.2) is 18.2 Å². The van der Waals surface area contributed by atoms with Crippen LogP contribution >= 0.6 is 11.6 Å². The van der Waals surface area contributed by atoms with E-state index < -0.39 is 18.2 Å². The van der Waals surface area contributed by atoms with Crippen LogP contribution in [0.3, 0.4) is 0 Å². The number of rotatable bonds is 5. The second-order valence-electron chi connectivity index (χ2n) is 3.53. The lowest BCUT2D eigenvalue weighted by atomic mass is 10.0. The number of aliphatic hydroxyl groups is 2. The first-order valence-electron chi connectivity index (χ1n) is 5.37. The van der Waals surface area contributed by atoms with Gasteiger partial charge in [0.25, 0.3) is 0 Å². The topological polar surface area (TPSA) is 76.0 Å². The summed E-state index contributed by atoms with van der Waals surface area (Å²) in [5, 5.41) is 19.7. The van der Waals surface area contributed by atoms with Gasteiger partial charge >= 0.3 is 5.97 Å². The van der Waals surface area contributed by atoms with E-state index in [1.54, 1.807) is 13.0 Å². The molecule has 1 rings (SSSR count). The minimum atomic E-state index is -1.67. The molecule has 1 aromatic rings. The Bertz CT molecular complexity index is 421. The highest BCUT2D eigenvalue weighted by molar-refractivity contribution is 6.31. The third-order valence-corrected chi connectivity index (χ3v) is 2.68. The summed E-state index contributed by atoms with van der Waals surface area (Å²) in [6.07, 6.45) is -3.11. The monoisotopic (exact) mass is 274 g/mol. The lowest BCUT2D eigenvalue weighted by Gasteiger charge is -2.18. The number of aliphatic hydroxyl groups excluding tert-OH is 2. The van der Waals surface area contributed by atoms with Crippen molar-refractivity contribution in [2.45, 2.75) is 19.1 Å². The maximum atomic E-state index is 11.3. The van der Waals surface area contributed by atoms with Gasteiger partial charge in [0.15, 0.2) is 6.10 Å². The summed E-state index contributed by atoms with van der Waals surface area (Å²) >= 11 is 5.93. The van der Waals surface area contributed by atoms with Crippen LogP contribution in [0.1, 0.15) is 18.6 Å². The fourth-order valence-electron chi connectivity index (χ4n) is 1.40. The molecule has 6 heteroatoms. The Kier molecular flexibility index (Phi) is 5.40. The molecule has 1 aromatic carbocycles. The zero-order valence-electron chi connectivity index (χ0n) is 10.1. The van der Waals surface area contributed by atoms with Crippen molar-refractivity contribution < 1.29 is 24.5 Å². The molecule has 0 saturated carbocycles. The molecule has 0 aliphatic heterocycles. The Hall–Kier alpha value is -1.30. The summed E-state index contributed by atoms with van der Waals surface area (Å²) in [6, 6.07) is 4.54.